The highest BCUT2D eigenvalue weighted by molar-refractivity contribution is 8.23. The van der Waals surface area contributed by atoms with E-state index < -0.39 is 6.16 Å². The lowest BCUT2D eigenvalue weighted by Crippen LogP contribution is -2.31. The van der Waals surface area contributed by atoms with Crippen LogP contribution in [0, 0.1) is 0 Å². The second-order valence-corrected chi connectivity index (χ2v) is 13.3. The van der Waals surface area contributed by atoms with E-state index in [-0.39, 0.29) is 24.0 Å². The molecule has 2 saturated heterocycles. The zero-order valence-electron chi connectivity index (χ0n) is 23.0. The summed E-state index contributed by atoms with van der Waals surface area (Å²) in [6.45, 7) is 5.64. The molecule has 38 heavy (non-hydrogen) atoms. The molecule has 0 aliphatic carbocycles. The first-order valence-corrected chi connectivity index (χ1v) is 17.0. The van der Waals surface area contributed by atoms with Crippen LogP contribution in [0.3, 0.4) is 0 Å². The van der Waals surface area contributed by atoms with Crippen LogP contribution < -0.4 is 0 Å². The summed E-state index contributed by atoms with van der Waals surface area (Å²) < 4.78 is 12.9. The van der Waals surface area contributed by atoms with Crippen LogP contribution in [0.2, 0.25) is 0 Å². The quantitative estimate of drug-likeness (QED) is 0.0925. The Labute approximate surface area is 247 Å². The van der Waals surface area contributed by atoms with Gasteiger partial charge in [0, 0.05) is 37.4 Å². The van der Waals surface area contributed by atoms with Gasteiger partial charge in [0.25, 0.3) is 0 Å². The molecule has 2 heterocycles. The molecule has 0 bridgehead atoms. The number of thioether (sulfide) groups is 2. The maximum absolute atomic E-state index is 12.8. The average molecular weight is 605 g/mol. The first-order valence-electron chi connectivity index (χ1n) is 14.2. The van der Waals surface area contributed by atoms with Crippen LogP contribution in [0.15, 0.2) is 0 Å². The molecule has 2 aliphatic heterocycles. The molecule has 7 nitrogen and oxygen atoms in total. The largest absolute Gasteiger partial charge is 0.508 e. The van der Waals surface area contributed by atoms with Crippen molar-refractivity contribution in [3.63, 3.8) is 0 Å². The van der Waals surface area contributed by atoms with Crippen LogP contribution in [0.4, 0.5) is 4.79 Å². The molecule has 0 saturated carbocycles. The van der Waals surface area contributed by atoms with E-state index in [9.17, 15) is 14.4 Å². The number of amides is 2. The third-order valence-corrected chi connectivity index (χ3v) is 9.60. The van der Waals surface area contributed by atoms with Crippen molar-refractivity contribution in [1.29, 1.82) is 0 Å². The summed E-state index contributed by atoms with van der Waals surface area (Å²) in [6.07, 6.45) is 9.92. The van der Waals surface area contributed by atoms with Gasteiger partial charge in [-0.3, -0.25) is 19.4 Å². The number of thiocarbonyl (C=S) groups is 2. The lowest BCUT2D eigenvalue weighted by Gasteiger charge is -2.22. The number of hydrogen-bond acceptors (Lipinski definition) is 9. The van der Waals surface area contributed by atoms with Crippen molar-refractivity contribution in [2.45, 2.75) is 116 Å². The molecule has 2 fully saturated rings. The van der Waals surface area contributed by atoms with Crippen LogP contribution >= 0.6 is 48.0 Å². The minimum atomic E-state index is -0.639. The van der Waals surface area contributed by atoms with Gasteiger partial charge in [0.2, 0.25) is 11.8 Å². The number of nitrogens with zero attached hydrogens (tertiary/aromatic N) is 2. The summed E-state index contributed by atoms with van der Waals surface area (Å²) >= 11 is 13.6. The Morgan fingerprint density at radius 3 is 1.45 bits per heavy atom. The number of hydrogen-bond donors (Lipinski definition) is 0. The molecule has 0 aromatic carbocycles. The van der Waals surface area contributed by atoms with Crippen LogP contribution in [0.25, 0.3) is 0 Å². The van der Waals surface area contributed by atoms with Crippen molar-refractivity contribution < 1.29 is 23.9 Å². The smallest absolute Gasteiger partial charge is 0.431 e. The maximum atomic E-state index is 12.8. The maximum Gasteiger partial charge on any atom is 0.508 e. The van der Waals surface area contributed by atoms with Gasteiger partial charge in [-0.05, 0) is 51.4 Å². The zero-order valence-corrected chi connectivity index (χ0v) is 26.2. The lowest BCUT2D eigenvalue weighted by atomic mass is 10.0. The van der Waals surface area contributed by atoms with Gasteiger partial charge < -0.3 is 9.47 Å². The summed E-state index contributed by atoms with van der Waals surface area (Å²) in [5, 5.41) is 0. The standard InChI is InChI=1S/C27H44N2O5S4/c1-3-5-7-11-21(13-9-15-23(30)28-17-19-37-25(28)35)33-27(32)34-22(12-8-6-4-2)14-10-16-24(31)29-18-20-38-26(29)36/h21-22H,3-20H2,1-2H3. The predicted octanol–water partition coefficient (Wildman–Crippen LogP) is 7.10. The molecule has 2 atom stereocenters. The van der Waals surface area contributed by atoms with Crippen molar-refractivity contribution in [2.75, 3.05) is 24.6 Å². The van der Waals surface area contributed by atoms with Crippen LogP contribution in [-0.2, 0) is 19.1 Å². The van der Waals surface area contributed by atoms with E-state index in [1.807, 2.05) is 0 Å². The van der Waals surface area contributed by atoms with Gasteiger partial charge in [-0.15, -0.1) is 0 Å². The summed E-state index contributed by atoms with van der Waals surface area (Å²) in [4.78, 5) is 41.2. The molecular formula is C27H44N2O5S4. The fourth-order valence-electron chi connectivity index (χ4n) is 4.54. The molecule has 11 heteroatoms. The van der Waals surface area contributed by atoms with E-state index in [0.717, 1.165) is 62.9 Å². The normalized spacial score (nSPS) is 17.1. The van der Waals surface area contributed by atoms with Crippen LogP contribution in [0.1, 0.15) is 104 Å². The molecule has 0 aromatic rings. The predicted molar refractivity (Wildman–Crippen MR) is 165 cm³/mol. The number of rotatable bonds is 18. The first kappa shape index (κ1) is 33.3. The molecule has 0 N–H and O–H groups in total. The van der Waals surface area contributed by atoms with Gasteiger partial charge in [-0.2, -0.15) is 0 Å². The number of ether oxygens (including phenoxy) is 2. The Kier molecular flexibility index (Phi) is 16.8. The summed E-state index contributed by atoms with van der Waals surface area (Å²) in [7, 11) is 0. The summed E-state index contributed by atoms with van der Waals surface area (Å²) in [5.74, 6) is 1.82. The molecule has 0 spiro atoms. The van der Waals surface area contributed by atoms with Crippen molar-refractivity contribution in [3.05, 3.63) is 0 Å². The molecular weight excluding hydrogens is 561 g/mol. The van der Waals surface area contributed by atoms with E-state index in [1.165, 1.54) is 0 Å². The Morgan fingerprint density at radius 2 is 1.11 bits per heavy atom. The van der Waals surface area contributed by atoms with Gasteiger partial charge in [0.05, 0.1) is 0 Å². The topological polar surface area (TPSA) is 76.1 Å². The molecule has 2 unspecified atom stereocenters. The molecule has 2 rings (SSSR count). The Morgan fingerprint density at radius 1 is 0.711 bits per heavy atom. The highest BCUT2D eigenvalue weighted by Gasteiger charge is 2.26. The molecule has 0 radical (unpaired) electrons. The van der Waals surface area contributed by atoms with Crippen LogP contribution in [-0.4, -0.2) is 73.2 Å². The third-order valence-electron chi connectivity index (χ3n) is 6.74. The summed E-state index contributed by atoms with van der Waals surface area (Å²) in [6, 6.07) is 0. The number of carbonyl (C=O) groups excluding carboxylic acids is 3. The molecule has 2 aliphatic rings. The second-order valence-electron chi connectivity index (χ2n) is 9.83. The zero-order chi connectivity index (χ0) is 27.8. The van der Waals surface area contributed by atoms with E-state index in [0.29, 0.717) is 60.3 Å². The van der Waals surface area contributed by atoms with Gasteiger partial charge >= 0.3 is 6.16 Å². The fourth-order valence-corrected chi connectivity index (χ4v) is 7.02. The van der Waals surface area contributed by atoms with E-state index in [4.69, 9.17) is 33.9 Å². The number of unbranched alkanes of at least 4 members (excludes halogenated alkanes) is 4. The Hall–Kier alpha value is -0.910. The minimum absolute atomic E-state index is 0.0497. The van der Waals surface area contributed by atoms with Crippen molar-refractivity contribution >= 4 is 74.6 Å². The van der Waals surface area contributed by atoms with Crippen molar-refractivity contribution in [3.8, 4) is 0 Å². The SMILES string of the molecule is CCCCCC(CCCC(=O)N1CCSC1=S)OC(=O)OC(CCCCC)CCCC(=O)N1CCSC1=S. The average Bonchev–Trinajstić information content (AvgIpc) is 3.51. The first-order chi connectivity index (χ1) is 18.3. The van der Waals surface area contributed by atoms with Gasteiger partial charge in [-0.25, -0.2) is 4.79 Å². The van der Waals surface area contributed by atoms with E-state index >= 15 is 0 Å². The minimum Gasteiger partial charge on any atom is -0.431 e. The second kappa shape index (κ2) is 19.2. The monoisotopic (exact) mass is 604 g/mol. The molecule has 0 aromatic heterocycles. The lowest BCUT2D eigenvalue weighted by molar-refractivity contribution is -0.127. The molecule has 2 amide bonds. The van der Waals surface area contributed by atoms with Gasteiger partial charge in [0.15, 0.2) is 0 Å². The van der Waals surface area contributed by atoms with E-state index in [2.05, 4.69) is 13.8 Å². The fraction of sp³-hybridized carbons (Fsp3) is 0.815. The van der Waals surface area contributed by atoms with E-state index in [1.54, 1.807) is 33.3 Å². The number of carbonyl (C=O) groups is 3. The molecule has 216 valence electrons. The third kappa shape index (κ3) is 12.5. The Bertz CT molecular complexity index is 735. The van der Waals surface area contributed by atoms with Gasteiger partial charge in [0.1, 0.15) is 20.8 Å². The highest BCUT2D eigenvalue weighted by Crippen LogP contribution is 2.23. The summed E-state index contributed by atoms with van der Waals surface area (Å²) in [5.41, 5.74) is 0. The van der Waals surface area contributed by atoms with Crippen molar-refractivity contribution in [2.24, 2.45) is 0 Å². The van der Waals surface area contributed by atoms with Gasteiger partial charge in [-0.1, -0.05) is 87.5 Å². The highest BCUT2D eigenvalue weighted by atomic mass is 32.2. The van der Waals surface area contributed by atoms with Crippen LogP contribution in [0.5, 0.6) is 0 Å². The Balaban J connectivity index is 1.83. The van der Waals surface area contributed by atoms with Crippen molar-refractivity contribution in [1.82, 2.24) is 9.80 Å².